The Labute approximate surface area is 411 Å². The molecule has 68 heavy (non-hydrogen) atoms. The van der Waals surface area contributed by atoms with Crippen molar-refractivity contribution in [3.8, 4) is 0 Å². The van der Waals surface area contributed by atoms with Crippen LogP contribution < -0.4 is 0 Å². The maximum atomic E-state index is 12.6. The van der Waals surface area contributed by atoms with E-state index in [1.807, 2.05) is 41.5 Å². The molecule has 12 heteroatoms. The van der Waals surface area contributed by atoms with Gasteiger partial charge >= 0.3 is 24.7 Å². The Bertz CT molecular complexity index is 1330. The first-order valence-corrected chi connectivity index (χ1v) is 25.8. The highest BCUT2D eigenvalue weighted by atomic mass is 19.4. The number of alkyl halides is 12. The molecule has 3 aliphatic rings. The molecule has 0 saturated heterocycles. The molecule has 3 rings (SSSR count). The lowest BCUT2D eigenvalue weighted by Gasteiger charge is -2.49. The second-order valence-electron chi connectivity index (χ2n) is 27.5. The predicted octanol–water partition coefficient (Wildman–Crippen LogP) is 22.4. The first kappa shape index (κ1) is 71.4. The molecule has 0 N–H and O–H groups in total. The normalized spacial score (nSPS) is 25.6. The molecule has 414 valence electrons. The molecule has 0 bridgehead atoms. The van der Waals surface area contributed by atoms with Gasteiger partial charge in [-0.25, -0.2) is 0 Å². The summed E-state index contributed by atoms with van der Waals surface area (Å²) >= 11 is 0. The van der Waals surface area contributed by atoms with Crippen LogP contribution in [-0.4, -0.2) is 24.7 Å². The fourth-order valence-electron chi connectivity index (χ4n) is 8.68. The van der Waals surface area contributed by atoms with Gasteiger partial charge in [-0.2, -0.15) is 52.7 Å². The third kappa shape index (κ3) is 24.3. The quantitative estimate of drug-likeness (QED) is 0.242. The average Bonchev–Trinajstić information content (AvgIpc) is 3.10. The van der Waals surface area contributed by atoms with Crippen LogP contribution in [0.4, 0.5) is 52.7 Å². The summed E-state index contributed by atoms with van der Waals surface area (Å²) in [6.45, 7) is 52.1. The number of halogens is 12. The highest BCUT2D eigenvalue weighted by molar-refractivity contribution is 4.92. The maximum Gasteiger partial charge on any atom is 0.394 e. The Morgan fingerprint density at radius 3 is 0.971 bits per heavy atom. The number of hydrogen-bond donors (Lipinski definition) is 0. The summed E-state index contributed by atoms with van der Waals surface area (Å²) < 4.78 is 147. The van der Waals surface area contributed by atoms with Crippen LogP contribution in [0.2, 0.25) is 0 Å². The molecule has 3 saturated carbocycles. The van der Waals surface area contributed by atoms with Gasteiger partial charge in [0.2, 0.25) is 0 Å². The Balaban J connectivity index is -0.000000747. The van der Waals surface area contributed by atoms with Gasteiger partial charge in [-0.05, 0) is 100 Å². The molecular formula is C56H106F12. The fourth-order valence-corrected chi connectivity index (χ4v) is 8.68. The van der Waals surface area contributed by atoms with Gasteiger partial charge in [-0.3, -0.25) is 0 Å². The van der Waals surface area contributed by atoms with Gasteiger partial charge in [0.1, 0.15) is 0 Å². The van der Waals surface area contributed by atoms with E-state index in [1.54, 1.807) is 13.8 Å². The third-order valence-corrected chi connectivity index (χ3v) is 18.2. The van der Waals surface area contributed by atoms with Crippen LogP contribution in [-0.2, 0) is 0 Å². The monoisotopic (exact) mass is 1010 g/mol. The van der Waals surface area contributed by atoms with E-state index in [4.69, 9.17) is 0 Å². The van der Waals surface area contributed by atoms with Crippen LogP contribution in [0.25, 0.3) is 0 Å². The predicted molar refractivity (Wildman–Crippen MR) is 265 cm³/mol. The zero-order valence-electron chi connectivity index (χ0n) is 48.0. The second-order valence-corrected chi connectivity index (χ2v) is 27.5. The minimum Gasteiger partial charge on any atom is -0.171 e. The lowest BCUT2D eigenvalue weighted by molar-refractivity contribution is -0.238. The van der Waals surface area contributed by atoms with Crippen molar-refractivity contribution < 1.29 is 52.7 Å². The maximum absolute atomic E-state index is 12.6. The van der Waals surface area contributed by atoms with E-state index in [2.05, 4.69) is 104 Å². The van der Waals surface area contributed by atoms with E-state index in [1.165, 1.54) is 13.8 Å². The smallest absolute Gasteiger partial charge is 0.171 e. The van der Waals surface area contributed by atoms with Crippen molar-refractivity contribution in [2.75, 3.05) is 0 Å². The molecule has 0 heterocycles. The summed E-state index contributed by atoms with van der Waals surface area (Å²) in [7, 11) is 0. The van der Waals surface area contributed by atoms with Gasteiger partial charge in [0, 0.05) is 0 Å². The SMILES string of the molecule is CC(C)(C)C(C)(C)C(C)(C)C.CC(C)C(C)(C)C(C)(C)C.CC1CCC(C(F)(F)F)CC1.CC1CCCC(C(F)(F)F)[C@@H]1C.C[C@@H]1CCCC(C(F)(F)F)C1.C[C@H](C(C)(C)C)C(C)(C)C(F)(F)F. The van der Waals surface area contributed by atoms with Crippen molar-refractivity contribution in [1.82, 2.24) is 0 Å². The lowest BCUT2D eigenvalue weighted by Crippen LogP contribution is -2.43. The molecule has 0 radical (unpaired) electrons. The summed E-state index contributed by atoms with van der Waals surface area (Å²) in [5, 5.41) is 0. The van der Waals surface area contributed by atoms with Gasteiger partial charge in [0.05, 0.1) is 23.2 Å². The largest absolute Gasteiger partial charge is 0.394 e. The molecular weight excluding hydrogens is 901 g/mol. The molecule has 0 aromatic heterocycles. The zero-order chi connectivity index (χ0) is 55.5. The number of rotatable bonds is 2. The van der Waals surface area contributed by atoms with Gasteiger partial charge < -0.3 is 0 Å². The van der Waals surface area contributed by atoms with Crippen LogP contribution in [0, 0.1) is 91.2 Å². The molecule has 0 amide bonds. The van der Waals surface area contributed by atoms with Crippen molar-refractivity contribution >= 4 is 0 Å². The van der Waals surface area contributed by atoms with Crippen LogP contribution in [0.15, 0.2) is 0 Å². The van der Waals surface area contributed by atoms with Crippen molar-refractivity contribution in [2.24, 2.45) is 91.2 Å². The summed E-state index contributed by atoms with van der Waals surface area (Å²) in [6, 6.07) is 0. The van der Waals surface area contributed by atoms with Crippen LogP contribution in [0.1, 0.15) is 244 Å². The zero-order valence-corrected chi connectivity index (χ0v) is 48.0. The standard InChI is InChI=1S/C11H24.C10H19F3.C10H22.C9H15F3.2C8H13F3/c1-9(2,3)11(7,8)10(4,5)6;1-7(8(2,3)4)9(5,6)10(11,12)13;1-8(2)10(6,7)9(3,4)5;1-6-4-3-5-8(7(6)2)9(10,11)12;1-6-2-4-7(5-3-6)8(9,10)11;1-6-3-2-4-7(5-6)8(9,10)11/h1-8H3;7H,1-6H3;8H,1-7H3;6-8H,3-5H2,1-2H3;2*6-7H,2-5H2,1H3/t;7-;;6?,7-,8?;;6-,7?/m.1.1.1/s1. The highest BCUT2D eigenvalue weighted by Gasteiger charge is 2.53. The number of hydrogen-bond acceptors (Lipinski definition) is 0. The van der Waals surface area contributed by atoms with E-state index in [0.29, 0.717) is 65.1 Å². The molecule has 6 atom stereocenters. The molecule has 3 unspecified atom stereocenters. The summed E-state index contributed by atoms with van der Waals surface area (Å²) in [5.74, 6) is -1.95. The Morgan fingerprint density at radius 1 is 0.382 bits per heavy atom. The summed E-state index contributed by atoms with van der Waals surface area (Å²) in [6.07, 6.45) is -9.44. The van der Waals surface area contributed by atoms with Crippen LogP contribution in [0.3, 0.4) is 0 Å². The van der Waals surface area contributed by atoms with E-state index in [0.717, 1.165) is 44.4 Å². The van der Waals surface area contributed by atoms with Crippen LogP contribution >= 0.6 is 0 Å². The van der Waals surface area contributed by atoms with Crippen molar-refractivity contribution in [3.63, 3.8) is 0 Å². The molecule has 0 aromatic rings. The molecule has 0 nitrogen and oxygen atoms in total. The first-order valence-electron chi connectivity index (χ1n) is 25.8. The molecule has 0 spiro atoms. The summed E-state index contributed by atoms with van der Waals surface area (Å²) in [5.41, 5.74) is 0.0505. The van der Waals surface area contributed by atoms with Crippen LogP contribution in [0.5, 0.6) is 0 Å². The average molecular weight is 1010 g/mol. The minimum absolute atomic E-state index is 0.196. The Hall–Kier alpha value is -0.840. The van der Waals surface area contributed by atoms with Crippen molar-refractivity contribution in [1.29, 1.82) is 0 Å². The van der Waals surface area contributed by atoms with E-state index in [-0.39, 0.29) is 23.2 Å². The van der Waals surface area contributed by atoms with Gasteiger partial charge in [0.15, 0.2) is 0 Å². The van der Waals surface area contributed by atoms with E-state index in [9.17, 15) is 52.7 Å². The van der Waals surface area contributed by atoms with Gasteiger partial charge in [-0.1, -0.05) is 212 Å². The molecule has 3 aliphatic carbocycles. The van der Waals surface area contributed by atoms with Crippen molar-refractivity contribution in [3.05, 3.63) is 0 Å². The highest BCUT2D eigenvalue weighted by Crippen LogP contribution is 2.52. The van der Waals surface area contributed by atoms with Crippen molar-refractivity contribution in [2.45, 2.75) is 268 Å². The molecule has 0 aliphatic heterocycles. The Kier molecular flexibility index (Phi) is 27.7. The summed E-state index contributed by atoms with van der Waals surface area (Å²) in [4.78, 5) is 0. The minimum atomic E-state index is -4.13. The topological polar surface area (TPSA) is 0 Å². The third-order valence-electron chi connectivity index (χ3n) is 18.2. The first-order chi connectivity index (χ1) is 29.5. The van der Waals surface area contributed by atoms with Gasteiger partial charge in [0.25, 0.3) is 0 Å². The fraction of sp³-hybridized carbons (Fsp3) is 1.00. The molecule has 3 fully saturated rings. The molecule has 0 aromatic carbocycles. The van der Waals surface area contributed by atoms with E-state index < -0.39 is 53.8 Å². The Morgan fingerprint density at radius 2 is 0.765 bits per heavy atom. The van der Waals surface area contributed by atoms with E-state index >= 15 is 0 Å². The second kappa shape index (κ2) is 26.4. The van der Waals surface area contributed by atoms with Gasteiger partial charge in [-0.15, -0.1) is 0 Å². The lowest BCUT2D eigenvalue weighted by atomic mass is 9.56.